The summed E-state index contributed by atoms with van der Waals surface area (Å²) in [4.78, 5) is 12.5. The third kappa shape index (κ3) is 27.2. The topological polar surface area (TPSA) is 165 Å². The molecule has 0 aliphatic carbocycles. The molecule has 0 spiro atoms. The van der Waals surface area contributed by atoms with Gasteiger partial charge in [-0.05, 0) is 12.1 Å². The normalized spacial score (nSPS) is 11.2. The zero-order valence-corrected chi connectivity index (χ0v) is 31.6. The van der Waals surface area contributed by atoms with Gasteiger partial charge in [0, 0.05) is 21.3 Å². The highest BCUT2D eigenvalue weighted by Crippen LogP contribution is 2.39. The molecule has 0 unspecified atom stereocenters. The van der Waals surface area contributed by atoms with Crippen LogP contribution in [0.2, 0.25) is 0 Å². The summed E-state index contributed by atoms with van der Waals surface area (Å²) in [6.45, 7) is 9.66. The molecule has 1 aromatic carbocycles. The Morgan fingerprint density at radius 3 is 0.885 bits per heavy atom. The van der Waals surface area contributed by atoms with Crippen molar-refractivity contribution in [3.8, 4) is 17.2 Å². The summed E-state index contributed by atoms with van der Waals surface area (Å²) in [5, 5.41) is 0. The van der Waals surface area contributed by atoms with Gasteiger partial charge in [0.1, 0.15) is 19.8 Å². The zero-order chi connectivity index (χ0) is 37.6. The molecule has 1 aromatic rings. The van der Waals surface area contributed by atoms with Gasteiger partial charge in [0.15, 0.2) is 11.5 Å². The highest BCUT2D eigenvalue weighted by atomic mass is 16.6. The molecule has 0 bridgehead atoms. The lowest BCUT2D eigenvalue weighted by molar-refractivity contribution is -0.00161. The predicted molar refractivity (Wildman–Crippen MR) is 187 cm³/mol. The number of ether oxygens (including phenoxy) is 16. The van der Waals surface area contributed by atoms with Crippen LogP contribution in [0.5, 0.6) is 17.2 Å². The SMILES string of the molecule is COCCOCCOCCOCCOc1cc(C(=O)OC)cc(OCCOCCOCCOCCOC)c1OCCOCCOCCOCCOC. The second-order valence-corrected chi connectivity index (χ2v) is 10.3. The molecule has 0 aromatic heterocycles. The van der Waals surface area contributed by atoms with Crippen molar-refractivity contribution in [3.63, 3.8) is 0 Å². The van der Waals surface area contributed by atoms with Crippen LogP contribution in [-0.2, 0) is 61.6 Å². The third-order valence-electron chi connectivity index (χ3n) is 6.41. The Morgan fingerprint density at radius 2 is 0.615 bits per heavy atom. The van der Waals surface area contributed by atoms with E-state index in [1.807, 2.05) is 0 Å². The van der Waals surface area contributed by atoms with E-state index in [1.54, 1.807) is 21.3 Å². The maximum Gasteiger partial charge on any atom is 0.338 e. The quantitative estimate of drug-likeness (QED) is 0.0702. The summed E-state index contributed by atoms with van der Waals surface area (Å²) >= 11 is 0. The summed E-state index contributed by atoms with van der Waals surface area (Å²) in [5.41, 5.74) is 0.225. The smallest absolute Gasteiger partial charge is 0.338 e. The number of rotatable bonds is 40. The lowest BCUT2D eigenvalue weighted by Crippen LogP contribution is -2.16. The van der Waals surface area contributed by atoms with Crippen molar-refractivity contribution < 1.29 is 80.6 Å². The van der Waals surface area contributed by atoms with Crippen LogP contribution >= 0.6 is 0 Å². The van der Waals surface area contributed by atoms with Crippen LogP contribution in [-0.4, -0.2) is 193 Å². The molecular formula is C35H62O17. The van der Waals surface area contributed by atoms with Gasteiger partial charge in [-0.3, -0.25) is 0 Å². The van der Waals surface area contributed by atoms with Gasteiger partial charge in [0.25, 0.3) is 0 Å². The molecule has 0 radical (unpaired) electrons. The molecule has 0 atom stereocenters. The number of hydrogen-bond acceptors (Lipinski definition) is 17. The minimum absolute atomic E-state index is 0.171. The Morgan fingerprint density at radius 1 is 0.365 bits per heavy atom. The summed E-state index contributed by atoms with van der Waals surface area (Å²) < 4.78 is 87.4. The lowest BCUT2D eigenvalue weighted by Gasteiger charge is -2.18. The predicted octanol–water partition coefficient (Wildman–Crippen LogP) is 1.70. The Hall–Kier alpha value is -2.39. The molecule has 0 heterocycles. The molecule has 304 valence electrons. The molecule has 1 rings (SSSR count). The molecule has 0 fully saturated rings. The van der Waals surface area contributed by atoms with Crippen LogP contribution < -0.4 is 14.2 Å². The second-order valence-electron chi connectivity index (χ2n) is 10.3. The summed E-state index contributed by atoms with van der Waals surface area (Å²) in [5.74, 6) is 0.303. The fourth-order valence-electron chi connectivity index (χ4n) is 3.85. The molecule has 0 aliphatic heterocycles. The maximum absolute atomic E-state index is 12.5. The molecule has 0 saturated carbocycles. The largest absolute Gasteiger partial charge is 0.487 e. The zero-order valence-electron chi connectivity index (χ0n) is 31.6. The summed E-state index contributed by atoms with van der Waals surface area (Å²) in [6.07, 6.45) is 0. The van der Waals surface area contributed by atoms with Crippen LogP contribution in [0.4, 0.5) is 0 Å². The standard InChI is InChI=1S/C35H62O17/c1-37-5-8-41-11-14-44-17-20-47-23-26-50-32-29-31(35(36)40-4)30-33(51-27-24-48-21-18-45-15-12-42-9-6-38-2)34(32)52-28-25-49-22-19-46-16-13-43-10-7-39-3/h29-30H,5-28H2,1-4H3. The minimum Gasteiger partial charge on any atom is -0.487 e. The van der Waals surface area contributed by atoms with Crippen LogP contribution in [0.15, 0.2) is 12.1 Å². The number of hydrogen-bond donors (Lipinski definition) is 0. The highest BCUT2D eigenvalue weighted by molar-refractivity contribution is 5.91. The van der Waals surface area contributed by atoms with E-state index in [2.05, 4.69) is 0 Å². The number of benzene rings is 1. The number of methoxy groups -OCH3 is 4. The number of esters is 1. The van der Waals surface area contributed by atoms with E-state index in [9.17, 15) is 4.79 Å². The first-order valence-corrected chi connectivity index (χ1v) is 17.5. The molecule has 17 heteroatoms. The fraction of sp³-hybridized carbons (Fsp3) is 0.800. The minimum atomic E-state index is -0.562. The van der Waals surface area contributed by atoms with Crippen LogP contribution in [0.1, 0.15) is 10.4 Å². The average molecular weight is 755 g/mol. The van der Waals surface area contributed by atoms with Crippen molar-refractivity contribution in [2.24, 2.45) is 0 Å². The first-order chi connectivity index (χ1) is 25.7. The summed E-state index contributed by atoms with van der Waals surface area (Å²) in [6, 6.07) is 3.08. The fourth-order valence-corrected chi connectivity index (χ4v) is 3.85. The third-order valence-corrected chi connectivity index (χ3v) is 6.41. The van der Waals surface area contributed by atoms with E-state index in [4.69, 9.17) is 75.8 Å². The van der Waals surface area contributed by atoms with Crippen molar-refractivity contribution >= 4 is 5.97 Å². The molecule has 0 aliphatic rings. The molecular weight excluding hydrogens is 692 g/mol. The lowest BCUT2D eigenvalue weighted by atomic mass is 10.2. The Kier molecular flexibility index (Phi) is 33.8. The van der Waals surface area contributed by atoms with Crippen molar-refractivity contribution in [3.05, 3.63) is 17.7 Å². The number of carbonyl (C=O) groups is 1. The molecule has 17 nitrogen and oxygen atoms in total. The maximum atomic E-state index is 12.5. The Balaban J connectivity index is 2.64. The van der Waals surface area contributed by atoms with Gasteiger partial charge in [-0.15, -0.1) is 0 Å². The van der Waals surface area contributed by atoms with E-state index in [1.165, 1.54) is 19.2 Å². The van der Waals surface area contributed by atoms with Gasteiger partial charge < -0.3 is 75.8 Å². The van der Waals surface area contributed by atoms with Gasteiger partial charge in [-0.25, -0.2) is 4.79 Å². The molecule has 52 heavy (non-hydrogen) atoms. The Labute approximate surface area is 308 Å². The first kappa shape index (κ1) is 47.6. The van der Waals surface area contributed by atoms with Gasteiger partial charge in [-0.2, -0.15) is 0 Å². The average Bonchev–Trinajstić information content (AvgIpc) is 3.16. The van der Waals surface area contributed by atoms with E-state index in [0.29, 0.717) is 125 Å². The van der Waals surface area contributed by atoms with Gasteiger partial charge in [0.05, 0.1) is 151 Å². The first-order valence-electron chi connectivity index (χ1n) is 17.5. The van der Waals surface area contributed by atoms with Crippen molar-refractivity contribution in [2.75, 3.05) is 187 Å². The van der Waals surface area contributed by atoms with Gasteiger partial charge >= 0.3 is 5.97 Å². The van der Waals surface area contributed by atoms with Crippen LogP contribution in [0.3, 0.4) is 0 Å². The second kappa shape index (κ2) is 36.9. The Bertz CT molecular complexity index is 890. The van der Waals surface area contributed by atoms with Crippen molar-refractivity contribution in [1.82, 2.24) is 0 Å². The monoisotopic (exact) mass is 754 g/mol. The molecule has 0 N–H and O–H groups in total. The summed E-state index contributed by atoms with van der Waals surface area (Å²) in [7, 11) is 6.17. The van der Waals surface area contributed by atoms with E-state index in [0.717, 1.165) is 0 Å². The van der Waals surface area contributed by atoms with Crippen LogP contribution in [0.25, 0.3) is 0 Å². The van der Waals surface area contributed by atoms with E-state index < -0.39 is 5.97 Å². The van der Waals surface area contributed by atoms with Crippen molar-refractivity contribution in [2.45, 2.75) is 0 Å². The molecule has 0 amide bonds. The number of carbonyl (C=O) groups excluding carboxylic acids is 1. The van der Waals surface area contributed by atoms with Crippen molar-refractivity contribution in [1.29, 1.82) is 0 Å². The van der Waals surface area contributed by atoms with Gasteiger partial charge in [-0.1, -0.05) is 0 Å². The highest BCUT2D eigenvalue weighted by Gasteiger charge is 2.19. The van der Waals surface area contributed by atoms with Gasteiger partial charge in [0.2, 0.25) is 5.75 Å². The molecule has 0 saturated heterocycles. The van der Waals surface area contributed by atoms with E-state index >= 15 is 0 Å². The van der Waals surface area contributed by atoms with Crippen LogP contribution in [0, 0.1) is 0 Å². The van der Waals surface area contributed by atoms with E-state index in [-0.39, 0.29) is 56.7 Å².